The average Bonchev–Trinajstić information content (AvgIpc) is 3.38. The first-order valence-corrected chi connectivity index (χ1v) is 14.2. The molecule has 5 aromatic rings. The number of aromatic nitrogens is 6. The molecule has 0 spiro atoms. The number of hydrogen-bond donors (Lipinski definition) is 2. The largest absolute Gasteiger partial charge is 0.491 e. The van der Waals surface area contributed by atoms with Crippen molar-refractivity contribution in [1.29, 1.82) is 0 Å². The van der Waals surface area contributed by atoms with Gasteiger partial charge in [-0.3, -0.25) is 4.68 Å². The molecule has 3 aromatic heterocycles. The first kappa shape index (κ1) is 28.6. The summed E-state index contributed by atoms with van der Waals surface area (Å²) >= 11 is 0. The van der Waals surface area contributed by atoms with E-state index in [9.17, 15) is 0 Å². The molecule has 6 rings (SSSR count). The molecule has 222 valence electrons. The van der Waals surface area contributed by atoms with Crippen LogP contribution in [0, 0.1) is 18.6 Å². The molecule has 0 saturated carbocycles. The molecule has 0 bridgehead atoms. The van der Waals surface area contributed by atoms with Crippen molar-refractivity contribution in [2.45, 2.75) is 32.2 Å². The van der Waals surface area contributed by atoms with Crippen molar-refractivity contribution in [3.8, 4) is 17.3 Å². The van der Waals surface area contributed by atoms with Crippen molar-refractivity contribution < 1.29 is 18.3 Å². The lowest BCUT2D eigenvalue weighted by atomic mass is 9.91. The van der Waals surface area contributed by atoms with Crippen LogP contribution in [0.1, 0.15) is 35.7 Å². The van der Waals surface area contributed by atoms with Gasteiger partial charge < -0.3 is 20.1 Å². The molecule has 0 radical (unpaired) electrons. The van der Waals surface area contributed by atoms with Crippen LogP contribution in [0.5, 0.6) is 5.75 Å². The molecule has 12 heteroatoms. The van der Waals surface area contributed by atoms with Gasteiger partial charge in [-0.1, -0.05) is 18.2 Å². The quantitative estimate of drug-likeness (QED) is 0.215. The Balaban J connectivity index is 1.38. The van der Waals surface area contributed by atoms with Crippen LogP contribution in [0.3, 0.4) is 0 Å². The van der Waals surface area contributed by atoms with Crippen molar-refractivity contribution in [2.75, 3.05) is 38.7 Å². The fourth-order valence-corrected chi connectivity index (χ4v) is 5.30. The summed E-state index contributed by atoms with van der Waals surface area (Å²) in [5, 5.41) is 12.3. The van der Waals surface area contributed by atoms with E-state index in [1.165, 1.54) is 19.2 Å². The topological polar surface area (TPSA) is 112 Å². The van der Waals surface area contributed by atoms with E-state index in [1.54, 1.807) is 16.9 Å². The first-order chi connectivity index (χ1) is 21.0. The zero-order valence-corrected chi connectivity index (χ0v) is 24.0. The van der Waals surface area contributed by atoms with Gasteiger partial charge in [0.1, 0.15) is 47.1 Å². The van der Waals surface area contributed by atoms with E-state index in [0.717, 1.165) is 36.9 Å². The van der Waals surface area contributed by atoms with Gasteiger partial charge in [0, 0.05) is 48.1 Å². The Morgan fingerprint density at radius 1 is 1.02 bits per heavy atom. The van der Waals surface area contributed by atoms with Crippen LogP contribution in [0.4, 0.5) is 20.4 Å². The standard InChI is InChI=1S/C31H32F2N8O2/c1-19-35-12-9-28(37-19)38-30-23(20-7-10-34-11-8-20)17-36-31(39-30)29-22-5-3-4-6-27(22)41(40-29)18-24-25(32)15-21(16-26(24)33)43-14-13-42-2/h3-6,9,12,15-17,20,34H,7-8,10-11,13-14,18H2,1-2H3,(H,35,36,37,38,39). The fraction of sp³-hybridized carbons (Fsp3) is 0.323. The number of ether oxygens (including phenoxy) is 2. The predicted molar refractivity (Wildman–Crippen MR) is 158 cm³/mol. The Labute approximate surface area is 247 Å². The van der Waals surface area contributed by atoms with E-state index in [-0.39, 0.29) is 30.4 Å². The molecule has 10 nitrogen and oxygen atoms in total. The molecule has 0 atom stereocenters. The number of hydrogen-bond acceptors (Lipinski definition) is 9. The van der Waals surface area contributed by atoms with Crippen LogP contribution in [0.25, 0.3) is 22.4 Å². The second kappa shape index (κ2) is 12.8. The van der Waals surface area contributed by atoms with Crippen molar-refractivity contribution in [3.05, 3.63) is 83.4 Å². The zero-order valence-electron chi connectivity index (χ0n) is 24.0. The Bertz CT molecular complexity index is 1720. The minimum Gasteiger partial charge on any atom is -0.491 e. The molecule has 0 amide bonds. The van der Waals surface area contributed by atoms with Crippen molar-refractivity contribution in [3.63, 3.8) is 0 Å². The molecule has 2 N–H and O–H groups in total. The molecule has 2 aromatic carbocycles. The molecule has 1 fully saturated rings. The second-order valence-electron chi connectivity index (χ2n) is 10.4. The molecule has 43 heavy (non-hydrogen) atoms. The molecule has 0 unspecified atom stereocenters. The number of rotatable bonds is 10. The Morgan fingerprint density at radius 2 is 1.81 bits per heavy atom. The highest BCUT2D eigenvalue weighted by Crippen LogP contribution is 2.34. The van der Waals surface area contributed by atoms with Crippen LogP contribution >= 0.6 is 0 Å². The van der Waals surface area contributed by atoms with Crippen LogP contribution < -0.4 is 15.4 Å². The Kier molecular flexibility index (Phi) is 8.47. The number of methoxy groups -OCH3 is 1. The van der Waals surface area contributed by atoms with E-state index in [4.69, 9.17) is 24.5 Å². The normalized spacial score (nSPS) is 13.9. The van der Waals surface area contributed by atoms with E-state index in [1.807, 2.05) is 37.4 Å². The van der Waals surface area contributed by atoms with Gasteiger partial charge in [-0.2, -0.15) is 5.10 Å². The summed E-state index contributed by atoms with van der Waals surface area (Å²) in [7, 11) is 1.53. The maximum Gasteiger partial charge on any atom is 0.182 e. The molecule has 0 aliphatic carbocycles. The van der Waals surface area contributed by atoms with Crippen LogP contribution in [0.2, 0.25) is 0 Å². The van der Waals surface area contributed by atoms with Gasteiger partial charge in [-0.05, 0) is 50.9 Å². The lowest BCUT2D eigenvalue weighted by Crippen LogP contribution is -2.27. The molecule has 1 saturated heterocycles. The SMILES string of the molecule is COCCOc1cc(F)c(Cn2nc(-c3ncc(C4CCNCC4)c(Nc4ccnc(C)n4)n3)c3ccccc32)c(F)c1. The first-order valence-electron chi connectivity index (χ1n) is 14.2. The van der Waals surface area contributed by atoms with Gasteiger partial charge >= 0.3 is 0 Å². The molecular weight excluding hydrogens is 554 g/mol. The van der Waals surface area contributed by atoms with E-state index in [2.05, 4.69) is 20.6 Å². The van der Waals surface area contributed by atoms with Crippen LogP contribution in [0.15, 0.2) is 54.9 Å². The number of anilines is 2. The maximum atomic E-state index is 15.1. The van der Waals surface area contributed by atoms with E-state index in [0.29, 0.717) is 41.1 Å². The highest BCUT2D eigenvalue weighted by molar-refractivity contribution is 5.91. The van der Waals surface area contributed by atoms with E-state index >= 15 is 8.78 Å². The number of benzene rings is 2. The van der Waals surface area contributed by atoms with Gasteiger partial charge in [-0.25, -0.2) is 28.7 Å². The van der Waals surface area contributed by atoms with Crippen LogP contribution in [-0.4, -0.2) is 63.1 Å². The van der Waals surface area contributed by atoms with Crippen LogP contribution in [-0.2, 0) is 11.3 Å². The zero-order chi connectivity index (χ0) is 29.8. The number of nitrogens with zero attached hydrogens (tertiary/aromatic N) is 6. The summed E-state index contributed by atoms with van der Waals surface area (Å²) in [6.07, 6.45) is 5.48. The number of para-hydroxylation sites is 1. The number of fused-ring (bicyclic) bond motifs is 1. The number of nitrogens with one attached hydrogen (secondary N) is 2. The monoisotopic (exact) mass is 586 g/mol. The summed E-state index contributed by atoms with van der Waals surface area (Å²) in [5.74, 6) is 1.25. The Hall–Kier alpha value is -4.55. The molecule has 1 aliphatic heterocycles. The summed E-state index contributed by atoms with van der Waals surface area (Å²) in [6.45, 7) is 4.03. The second-order valence-corrected chi connectivity index (χ2v) is 10.4. The van der Waals surface area contributed by atoms with E-state index < -0.39 is 11.6 Å². The number of piperidine rings is 1. The Morgan fingerprint density at radius 3 is 2.58 bits per heavy atom. The summed E-state index contributed by atoms with van der Waals surface area (Å²) in [6, 6.07) is 11.6. The summed E-state index contributed by atoms with van der Waals surface area (Å²) in [4.78, 5) is 18.4. The molecule has 4 heterocycles. The van der Waals surface area contributed by atoms with Gasteiger partial charge in [0.2, 0.25) is 0 Å². The fourth-order valence-electron chi connectivity index (χ4n) is 5.30. The highest BCUT2D eigenvalue weighted by Gasteiger charge is 2.23. The third-order valence-electron chi connectivity index (χ3n) is 7.47. The highest BCUT2D eigenvalue weighted by atomic mass is 19.1. The van der Waals surface area contributed by atoms with Gasteiger partial charge in [-0.15, -0.1) is 0 Å². The van der Waals surface area contributed by atoms with Gasteiger partial charge in [0.15, 0.2) is 5.82 Å². The third-order valence-corrected chi connectivity index (χ3v) is 7.47. The van der Waals surface area contributed by atoms with Gasteiger partial charge in [0.05, 0.1) is 18.7 Å². The smallest absolute Gasteiger partial charge is 0.182 e. The lowest BCUT2D eigenvalue weighted by molar-refractivity contribution is 0.146. The third kappa shape index (κ3) is 6.30. The average molecular weight is 587 g/mol. The molecular formula is C31H32F2N8O2. The predicted octanol–water partition coefficient (Wildman–Crippen LogP) is 5.15. The minimum atomic E-state index is -0.720. The molecule has 1 aliphatic rings. The maximum absolute atomic E-state index is 15.1. The van der Waals surface area contributed by atoms with Crippen molar-refractivity contribution in [2.24, 2.45) is 0 Å². The van der Waals surface area contributed by atoms with Gasteiger partial charge in [0.25, 0.3) is 0 Å². The lowest BCUT2D eigenvalue weighted by Gasteiger charge is -2.24. The van der Waals surface area contributed by atoms with Crippen molar-refractivity contribution >= 4 is 22.5 Å². The number of halogens is 2. The summed E-state index contributed by atoms with van der Waals surface area (Å²) in [5.41, 5.74) is 2.09. The summed E-state index contributed by atoms with van der Waals surface area (Å²) < 4.78 is 42.1. The number of aryl methyl sites for hydroxylation is 1. The minimum absolute atomic E-state index is 0.1000. The van der Waals surface area contributed by atoms with Crippen molar-refractivity contribution in [1.82, 2.24) is 35.0 Å².